The van der Waals surface area contributed by atoms with E-state index in [0.717, 1.165) is 27.3 Å². The fourth-order valence-corrected chi connectivity index (χ4v) is 3.11. The molecule has 22 heavy (non-hydrogen) atoms. The molecule has 1 aromatic heterocycles. The fourth-order valence-electron chi connectivity index (χ4n) is 1.97. The van der Waals surface area contributed by atoms with Crippen molar-refractivity contribution in [3.63, 3.8) is 0 Å². The van der Waals surface area contributed by atoms with Crippen molar-refractivity contribution in [2.75, 3.05) is 0 Å². The van der Waals surface area contributed by atoms with Crippen LogP contribution in [-0.4, -0.2) is 21.4 Å². The number of fused-ring (bicyclic) bond motifs is 1. The Hall–Kier alpha value is 0.0225. The lowest BCUT2D eigenvalue weighted by Crippen LogP contribution is -1.96. The lowest BCUT2D eigenvalue weighted by atomic mass is 10.0. The second-order valence-electron chi connectivity index (χ2n) is 6.00. The topological polar surface area (TPSA) is 33.4 Å². The highest BCUT2D eigenvalue weighted by Crippen LogP contribution is 2.31. The Morgan fingerprint density at radius 1 is 1.27 bits per heavy atom. The van der Waals surface area contributed by atoms with Crippen LogP contribution in [0.1, 0.15) is 39.2 Å². The normalized spacial score (nSPS) is 12.3. The van der Waals surface area contributed by atoms with Crippen molar-refractivity contribution < 1.29 is 9.52 Å². The van der Waals surface area contributed by atoms with Crippen LogP contribution in [-0.2, 0) is 6.61 Å². The molecule has 1 atom stereocenters. The molecule has 5 heteroatoms. The van der Waals surface area contributed by atoms with Crippen LogP contribution in [0.3, 0.4) is 0 Å². The first-order valence-corrected chi connectivity index (χ1v) is 9.53. The first kappa shape index (κ1) is 20.1. The molecule has 0 saturated heterocycles. The molecule has 2 aromatic rings. The maximum absolute atomic E-state index is 8.99. The first-order chi connectivity index (χ1) is 10.4. The van der Waals surface area contributed by atoms with Gasteiger partial charge in [0, 0.05) is 16.0 Å². The minimum absolute atomic E-state index is 0.0419. The summed E-state index contributed by atoms with van der Waals surface area (Å²) in [5, 5.41) is 11.7. The average Bonchev–Trinajstić information content (AvgIpc) is 2.88. The molecular formula is C17H23AlBrClO2. The Balaban J connectivity index is 0.000000239. The largest absolute Gasteiger partial charge is 0.463 e. The summed E-state index contributed by atoms with van der Waals surface area (Å²) in [5.74, 6) is 1.78. The quantitative estimate of drug-likeness (QED) is 0.625. The van der Waals surface area contributed by atoms with Gasteiger partial charge in [-0.3, -0.25) is 0 Å². The number of furan rings is 1. The van der Waals surface area contributed by atoms with Crippen LogP contribution in [0.25, 0.3) is 11.0 Å². The molecule has 1 unspecified atom stereocenters. The van der Waals surface area contributed by atoms with Gasteiger partial charge in [0.2, 0.25) is 0 Å². The number of rotatable bonds is 5. The summed E-state index contributed by atoms with van der Waals surface area (Å²) in [5.41, 5.74) is 1.46. The number of benzene rings is 1. The lowest BCUT2D eigenvalue weighted by Gasteiger charge is -2.09. The third kappa shape index (κ3) is 6.26. The van der Waals surface area contributed by atoms with E-state index in [1.54, 1.807) is 12.1 Å². The number of halogens is 2. The van der Waals surface area contributed by atoms with Crippen molar-refractivity contribution >= 4 is 54.8 Å². The summed E-state index contributed by atoms with van der Waals surface area (Å²) in [4.78, 5) is 0. The lowest BCUT2D eigenvalue weighted by molar-refractivity contribution is 0.281. The standard InChI is InChI=1S/C9H6BrClO2.C8H17.Al/c10-8-2-6(11)1-7-5(3-12)4-13-9(7)8;1-7(2)5-6-8(3)4;/h1-2,4,12H,3H2;7-8H,1,5-6H2,2-4H3;. The Morgan fingerprint density at radius 3 is 2.50 bits per heavy atom. The highest BCUT2D eigenvalue weighted by Gasteiger charge is 2.08. The zero-order valence-corrected chi connectivity index (χ0v) is 16.9. The summed E-state index contributed by atoms with van der Waals surface area (Å²) >= 11 is 12.0. The summed E-state index contributed by atoms with van der Waals surface area (Å²) < 4.78 is 6.06. The van der Waals surface area contributed by atoms with Gasteiger partial charge in [-0.1, -0.05) is 51.1 Å². The third-order valence-electron chi connectivity index (χ3n) is 3.48. The zero-order chi connectivity index (χ0) is 16.7. The van der Waals surface area contributed by atoms with Crippen LogP contribution in [0.5, 0.6) is 0 Å². The zero-order valence-electron chi connectivity index (χ0n) is 13.4. The second-order valence-corrected chi connectivity index (χ2v) is 7.76. The van der Waals surface area contributed by atoms with Gasteiger partial charge in [0.1, 0.15) is 21.9 Å². The van der Waals surface area contributed by atoms with E-state index in [0.29, 0.717) is 10.6 Å². The number of aliphatic hydroxyl groups excluding tert-OH is 1. The van der Waals surface area contributed by atoms with Crippen LogP contribution >= 0.6 is 27.5 Å². The van der Waals surface area contributed by atoms with Crippen molar-refractivity contribution in [1.82, 2.24) is 0 Å². The van der Waals surface area contributed by atoms with Crippen molar-refractivity contribution in [2.45, 2.75) is 45.5 Å². The smallest absolute Gasteiger partial charge is 0.148 e. The highest BCUT2D eigenvalue weighted by atomic mass is 79.9. The predicted molar refractivity (Wildman–Crippen MR) is 98.6 cm³/mol. The molecule has 0 aliphatic rings. The van der Waals surface area contributed by atoms with Gasteiger partial charge in [0.15, 0.2) is 0 Å². The van der Waals surface area contributed by atoms with Crippen molar-refractivity contribution in [1.29, 1.82) is 0 Å². The second kappa shape index (κ2) is 10.0. The summed E-state index contributed by atoms with van der Waals surface area (Å²) in [7, 11) is 0. The van der Waals surface area contributed by atoms with Gasteiger partial charge < -0.3 is 9.52 Å². The van der Waals surface area contributed by atoms with Gasteiger partial charge in [-0.25, -0.2) is 0 Å². The summed E-state index contributed by atoms with van der Waals surface area (Å²) in [6, 6.07) is 3.53. The maximum atomic E-state index is 8.99. The molecule has 1 N–H and O–H groups in total. The number of hydrogen-bond donors (Lipinski definition) is 1. The minimum Gasteiger partial charge on any atom is -0.463 e. The van der Waals surface area contributed by atoms with E-state index in [4.69, 9.17) is 21.1 Å². The van der Waals surface area contributed by atoms with E-state index < -0.39 is 0 Å². The Bertz CT molecular complexity index is 583. The first-order valence-electron chi connectivity index (χ1n) is 7.55. The third-order valence-corrected chi connectivity index (χ3v) is 5.09. The van der Waals surface area contributed by atoms with Gasteiger partial charge in [0.05, 0.1) is 17.3 Å². The minimum atomic E-state index is -0.0419. The molecule has 1 aromatic carbocycles. The molecule has 2 rings (SSSR count). The van der Waals surface area contributed by atoms with Gasteiger partial charge >= 0.3 is 0 Å². The molecule has 2 radical (unpaired) electrons. The van der Waals surface area contributed by atoms with Crippen LogP contribution in [0.4, 0.5) is 0 Å². The van der Waals surface area contributed by atoms with Crippen molar-refractivity contribution in [3.05, 3.63) is 33.5 Å². The molecule has 0 spiro atoms. The Labute approximate surface area is 154 Å². The molecule has 0 aliphatic carbocycles. The van der Waals surface area contributed by atoms with Crippen molar-refractivity contribution in [3.8, 4) is 0 Å². The summed E-state index contributed by atoms with van der Waals surface area (Å²) in [6.07, 6.45) is 4.31. The highest BCUT2D eigenvalue weighted by molar-refractivity contribution is 9.10. The molecular weight excluding hydrogens is 379 g/mol. The fraction of sp³-hybridized carbons (Fsp3) is 0.529. The van der Waals surface area contributed by atoms with Crippen LogP contribution in [0.15, 0.2) is 27.3 Å². The van der Waals surface area contributed by atoms with Crippen LogP contribution < -0.4 is 0 Å². The molecule has 0 saturated carbocycles. The Kier molecular flexibility index (Phi) is 9.13. The molecule has 1 heterocycles. The van der Waals surface area contributed by atoms with Gasteiger partial charge in [-0.05, 0) is 34.0 Å². The average molecular weight is 402 g/mol. The van der Waals surface area contributed by atoms with Crippen LogP contribution in [0, 0.1) is 11.8 Å². The Morgan fingerprint density at radius 2 is 1.95 bits per heavy atom. The van der Waals surface area contributed by atoms with E-state index in [1.807, 2.05) is 0 Å². The van der Waals surface area contributed by atoms with Gasteiger partial charge in [0.25, 0.3) is 0 Å². The van der Waals surface area contributed by atoms with E-state index in [-0.39, 0.29) is 6.61 Å². The maximum Gasteiger partial charge on any atom is 0.148 e. The molecule has 2 nitrogen and oxygen atoms in total. The molecule has 0 bridgehead atoms. The SMILES string of the molecule is CC(C)CCC(C)[CH2][Al].OCc1coc2c(Br)cc(Cl)cc12. The van der Waals surface area contributed by atoms with Crippen LogP contribution in [0.2, 0.25) is 10.3 Å². The number of aliphatic hydroxyl groups is 1. The van der Waals surface area contributed by atoms with Crippen molar-refractivity contribution in [2.24, 2.45) is 11.8 Å². The molecule has 120 valence electrons. The van der Waals surface area contributed by atoms with Gasteiger partial charge in [-0.15, -0.1) is 5.28 Å². The van der Waals surface area contributed by atoms with E-state index in [9.17, 15) is 0 Å². The number of hydrogen-bond acceptors (Lipinski definition) is 2. The molecule has 0 amide bonds. The van der Waals surface area contributed by atoms with E-state index in [1.165, 1.54) is 24.4 Å². The monoisotopic (exact) mass is 400 g/mol. The summed E-state index contributed by atoms with van der Waals surface area (Å²) in [6.45, 7) is 6.85. The predicted octanol–water partition coefficient (Wildman–Crippen LogP) is 5.99. The van der Waals surface area contributed by atoms with Gasteiger partial charge in [-0.2, -0.15) is 0 Å². The molecule has 0 aliphatic heterocycles. The molecule has 0 fully saturated rings. The van der Waals surface area contributed by atoms with E-state index >= 15 is 0 Å². The van der Waals surface area contributed by atoms with E-state index in [2.05, 4.69) is 53.0 Å².